The summed E-state index contributed by atoms with van der Waals surface area (Å²) in [6.45, 7) is 1.50. The molecule has 0 spiro atoms. The number of hydrogen-bond donors (Lipinski definition) is 1. The van der Waals surface area contributed by atoms with Crippen LogP contribution in [0.15, 0.2) is 18.2 Å². The first-order valence-electron chi connectivity index (χ1n) is 7.43. The van der Waals surface area contributed by atoms with Gasteiger partial charge in [0.25, 0.3) is 5.91 Å². The van der Waals surface area contributed by atoms with E-state index in [4.69, 9.17) is 9.47 Å². The molecule has 0 radical (unpaired) electrons. The Bertz CT molecular complexity index is 467. The Morgan fingerprint density at radius 3 is 2.57 bits per heavy atom. The lowest BCUT2D eigenvalue weighted by molar-refractivity contribution is -0.133. The summed E-state index contributed by atoms with van der Waals surface area (Å²) in [6.07, 6.45) is 4.50. The Labute approximate surface area is 125 Å². The highest BCUT2D eigenvalue weighted by Crippen LogP contribution is 2.25. The molecule has 1 amide bonds. The quantitative estimate of drug-likeness (QED) is 0.901. The molecule has 1 aliphatic heterocycles. The molecule has 1 aliphatic rings. The standard InChI is InChI=1S/C16H23NO4/c1-20-14-7-6-13(11-18)15(10-14)21-12-16(19)17-8-4-2-3-5-9-17/h6-7,10,18H,2-5,8-9,11-12H2,1H3. The minimum atomic E-state index is -0.128. The predicted molar refractivity (Wildman–Crippen MR) is 79.5 cm³/mol. The Kier molecular flexibility index (Phi) is 5.87. The van der Waals surface area contributed by atoms with Crippen LogP contribution < -0.4 is 9.47 Å². The number of amides is 1. The zero-order valence-electron chi connectivity index (χ0n) is 12.5. The van der Waals surface area contributed by atoms with Crippen molar-refractivity contribution in [1.82, 2.24) is 4.90 Å². The number of nitrogens with zero attached hydrogens (tertiary/aromatic N) is 1. The van der Waals surface area contributed by atoms with Crippen molar-refractivity contribution in [3.63, 3.8) is 0 Å². The molecule has 1 N–H and O–H groups in total. The summed E-state index contributed by atoms with van der Waals surface area (Å²) in [5.41, 5.74) is 0.652. The zero-order chi connectivity index (χ0) is 15.1. The summed E-state index contributed by atoms with van der Waals surface area (Å²) < 4.78 is 10.7. The summed E-state index contributed by atoms with van der Waals surface area (Å²) >= 11 is 0. The highest BCUT2D eigenvalue weighted by Gasteiger charge is 2.16. The molecule has 116 valence electrons. The van der Waals surface area contributed by atoms with Gasteiger partial charge in [-0.15, -0.1) is 0 Å². The monoisotopic (exact) mass is 293 g/mol. The molecule has 0 aliphatic carbocycles. The third-order valence-corrected chi connectivity index (χ3v) is 3.75. The van der Waals surface area contributed by atoms with Crippen molar-refractivity contribution in [1.29, 1.82) is 0 Å². The fourth-order valence-corrected chi connectivity index (χ4v) is 2.48. The lowest BCUT2D eigenvalue weighted by atomic mass is 10.2. The van der Waals surface area contributed by atoms with Crippen molar-refractivity contribution in [3.8, 4) is 11.5 Å². The fourth-order valence-electron chi connectivity index (χ4n) is 2.48. The average molecular weight is 293 g/mol. The molecule has 0 bridgehead atoms. The van der Waals surface area contributed by atoms with Crippen molar-refractivity contribution >= 4 is 5.91 Å². The van der Waals surface area contributed by atoms with Gasteiger partial charge in [-0.2, -0.15) is 0 Å². The van der Waals surface area contributed by atoms with Crippen LogP contribution in [0.25, 0.3) is 0 Å². The van der Waals surface area contributed by atoms with Gasteiger partial charge in [-0.3, -0.25) is 4.79 Å². The van der Waals surface area contributed by atoms with Gasteiger partial charge in [0.2, 0.25) is 0 Å². The van der Waals surface area contributed by atoms with Crippen LogP contribution in [0.3, 0.4) is 0 Å². The van der Waals surface area contributed by atoms with Crippen LogP contribution in [-0.2, 0) is 11.4 Å². The molecule has 1 fully saturated rings. The lowest BCUT2D eigenvalue weighted by Crippen LogP contribution is -2.35. The number of rotatable bonds is 5. The number of carbonyl (C=O) groups is 1. The number of methoxy groups -OCH3 is 1. The summed E-state index contributed by atoms with van der Waals surface area (Å²) in [5, 5.41) is 9.32. The van der Waals surface area contributed by atoms with Crippen LogP contribution in [0.5, 0.6) is 11.5 Å². The number of likely N-dealkylation sites (tertiary alicyclic amines) is 1. The number of aliphatic hydroxyl groups excluding tert-OH is 1. The number of ether oxygens (including phenoxy) is 2. The fraction of sp³-hybridized carbons (Fsp3) is 0.562. The number of aliphatic hydroxyl groups is 1. The molecule has 1 aromatic carbocycles. The van der Waals surface area contributed by atoms with E-state index in [0.717, 1.165) is 25.9 Å². The first kappa shape index (κ1) is 15.6. The summed E-state index contributed by atoms with van der Waals surface area (Å²) in [6, 6.07) is 5.20. The second-order valence-electron chi connectivity index (χ2n) is 5.22. The Morgan fingerprint density at radius 1 is 1.24 bits per heavy atom. The maximum Gasteiger partial charge on any atom is 0.260 e. The van der Waals surface area contributed by atoms with Gasteiger partial charge < -0.3 is 19.5 Å². The van der Waals surface area contributed by atoms with E-state index in [1.54, 1.807) is 25.3 Å². The van der Waals surface area contributed by atoms with Crippen molar-refractivity contribution in [2.24, 2.45) is 0 Å². The van der Waals surface area contributed by atoms with E-state index >= 15 is 0 Å². The van der Waals surface area contributed by atoms with Crippen LogP contribution in [0.4, 0.5) is 0 Å². The molecular weight excluding hydrogens is 270 g/mol. The van der Waals surface area contributed by atoms with E-state index in [2.05, 4.69) is 0 Å². The number of carbonyl (C=O) groups excluding carboxylic acids is 1. The molecular formula is C16H23NO4. The smallest absolute Gasteiger partial charge is 0.260 e. The highest BCUT2D eigenvalue weighted by atomic mass is 16.5. The third-order valence-electron chi connectivity index (χ3n) is 3.75. The first-order chi connectivity index (χ1) is 10.2. The average Bonchev–Trinajstić information content (AvgIpc) is 2.81. The molecule has 0 atom stereocenters. The largest absolute Gasteiger partial charge is 0.497 e. The van der Waals surface area contributed by atoms with Crippen LogP contribution in [0, 0.1) is 0 Å². The Hall–Kier alpha value is -1.75. The van der Waals surface area contributed by atoms with Gasteiger partial charge in [-0.1, -0.05) is 12.8 Å². The molecule has 5 nitrogen and oxygen atoms in total. The van der Waals surface area contributed by atoms with E-state index in [1.165, 1.54) is 12.8 Å². The van der Waals surface area contributed by atoms with E-state index in [0.29, 0.717) is 17.1 Å². The van der Waals surface area contributed by atoms with Gasteiger partial charge in [0.05, 0.1) is 13.7 Å². The second-order valence-corrected chi connectivity index (χ2v) is 5.22. The van der Waals surface area contributed by atoms with Gasteiger partial charge in [-0.05, 0) is 25.0 Å². The van der Waals surface area contributed by atoms with Gasteiger partial charge >= 0.3 is 0 Å². The molecule has 2 rings (SSSR count). The molecule has 1 saturated heterocycles. The Morgan fingerprint density at radius 2 is 1.95 bits per heavy atom. The number of benzene rings is 1. The van der Waals surface area contributed by atoms with Gasteiger partial charge in [0, 0.05) is 24.7 Å². The summed E-state index contributed by atoms with van der Waals surface area (Å²) in [5.74, 6) is 1.15. The van der Waals surface area contributed by atoms with E-state index in [-0.39, 0.29) is 19.1 Å². The minimum Gasteiger partial charge on any atom is -0.497 e. The summed E-state index contributed by atoms with van der Waals surface area (Å²) in [4.78, 5) is 14.1. The summed E-state index contributed by atoms with van der Waals surface area (Å²) in [7, 11) is 1.57. The molecule has 0 aromatic heterocycles. The van der Waals surface area contributed by atoms with Gasteiger partial charge in [0.15, 0.2) is 6.61 Å². The van der Waals surface area contributed by atoms with Crippen LogP contribution in [0.2, 0.25) is 0 Å². The molecule has 1 aromatic rings. The molecule has 0 saturated carbocycles. The molecule has 21 heavy (non-hydrogen) atoms. The number of hydrogen-bond acceptors (Lipinski definition) is 4. The minimum absolute atomic E-state index is 0.000166. The van der Waals surface area contributed by atoms with E-state index < -0.39 is 0 Å². The SMILES string of the molecule is COc1ccc(CO)c(OCC(=O)N2CCCCCC2)c1. The Balaban J connectivity index is 1.96. The van der Waals surface area contributed by atoms with Crippen LogP contribution >= 0.6 is 0 Å². The normalized spacial score (nSPS) is 15.4. The van der Waals surface area contributed by atoms with Crippen LogP contribution in [0.1, 0.15) is 31.2 Å². The molecule has 5 heteroatoms. The maximum absolute atomic E-state index is 12.2. The molecule has 1 heterocycles. The molecule has 0 unspecified atom stereocenters. The van der Waals surface area contributed by atoms with Crippen molar-refractivity contribution < 1.29 is 19.4 Å². The lowest BCUT2D eigenvalue weighted by Gasteiger charge is -2.20. The highest BCUT2D eigenvalue weighted by molar-refractivity contribution is 5.77. The van der Waals surface area contributed by atoms with Crippen molar-refractivity contribution in [2.45, 2.75) is 32.3 Å². The zero-order valence-corrected chi connectivity index (χ0v) is 12.5. The second kappa shape index (κ2) is 7.88. The third kappa shape index (κ3) is 4.36. The van der Waals surface area contributed by atoms with E-state index in [9.17, 15) is 9.90 Å². The van der Waals surface area contributed by atoms with Gasteiger partial charge in [0.1, 0.15) is 11.5 Å². The maximum atomic E-state index is 12.2. The van der Waals surface area contributed by atoms with E-state index in [1.807, 2.05) is 4.90 Å². The topological polar surface area (TPSA) is 59.0 Å². The first-order valence-corrected chi connectivity index (χ1v) is 7.43. The van der Waals surface area contributed by atoms with Crippen LogP contribution in [-0.4, -0.2) is 42.7 Å². The van der Waals surface area contributed by atoms with Crippen molar-refractivity contribution in [2.75, 3.05) is 26.8 Å². The van der Waals surface area contributed by atoms with Crippen molar-refractivity contribution in [3.05, 3.63) is 23.8 Å². The van der Waals surface area contributed by atoms with Gasteiger partial charge in [-0.25, -0.2) is 0 Å². The predicted octanol–water partition coefficient (Wildman–Crippen LogP) is 1.97.